The third-order valence-electron chi connectivity index (χ3n) is 2.70. The standard InChI is InChI=1S/C13H9ClFN3/c14-12-11-5-4-10(16)7-18(11)13(17-12)8-2-1-3-9(15)6-8/h1-7H,16H2. The van der Waals surface area contributed by atoms with E-state index in [-0.39, 0.29) is 5.82 Å². The van der Waals surface area contributed by atoms with Gasteiger partial charge in [-0.25, -0.2) is 9.37 Å². The predicted molar refractivity (Wildman–Crippen MR) is 70.0 cm³/mol. The molecular weight excluding hydrogens is 253 g/mol. The summed E-state index contributed by atoms with van der Waals surface area (Å²) in [5.74, 6) is 0.256. The fourth-order valence-corrected chi connectivity index (χ4v) is 2.13. The number of hydrogen-bond donors (Lipinski definition) is 1. The Bertz CT molecular complexity index is 736. The Kier molecular flexibility index (Phi) is 2.45. The minimum atomic E-state index is -0.315. The number of fused-ring (bicyclic) bond motifs is 1. The second-order valence-electron chi connectivity index (χ2n) is 3.95. The van der Waals surface area contributed by atoms with Gasteiger partial charge in [-0.15, -0.1) is 0 Å². The molecule has 1 aromatic carbocycles. The Morgan fingerprint density at radius 3 is 2.83 bits per heavy atom. The molecule has 0 aliphatic rings. The van der Waals surface area contributed by atoms with E-state index in [2.05, 4.69) is 4.98 Å². The molecule has 3 rings (SSSR count). The van der Waals surface area contributed by atoms with Gasteiger partial charge in [-0.2, -0.15) is 0 Å². The van der Waals surface area contributed by atoms with Crippen LogP contribution >= 0.6 is 11.6 Å². The summed E-state index contributed by atoms with van der Waals surface area (Å²) in [5, 5.41) is 0.370. The van der Waals surface area contributed by atoms with E-state index in [9.17, 15) is 4.39 Å². The molecule has 0 unspecified atom stereocenters. The number of aromatic nitrogens is 2. The van der Waals surface area contributed by atoms with E-state index in [1.165, 1.54) is 12.1 Å². The third-order valence-corrected chi connectivity index (χ3v) is 2.98. The van der Waals surface area contributed by atoms with Crippen molar-refractivity contribution < 1.29 is 4.39 Å². The van der Waals surface area contributed by atoms with Gasteiger partial charge in [0.25, 0.3) is 0 Å². The highest BCUT2D eigenvalue weighted by atomic mass is 35.5. The van der Waals surface area contributed by atoms with Crippen molar-refractivity contribution in [3.8, 4) is 11.4 Å². The van der Waals surface area contributed by atoms with E-state index in [0.717, 1.165) is 5.52 Å². The molecule has 0 saturated heterocycles. The quantitative estimate of drug-likeness (QED) is 0.730. The molecule has 0 atom stereocenters. The smallest absolute Gasteiger partial charge is 0.155 e. The van der Waals surface area contributed by atoms with Gasteiger partial charge in [-0.1, -0.05) is 23.7 Å². The van der Waals surface area contributed by atoms with Crippen molar-refractivity contribution in [2.45, 2.75) is 0 Å². The molecule has 0 bridgehead atoms. The maximum atomic E-state index is 13.2. The van der Waals surface area contributed by atoms with E-state index < -0.39 is 0 Å². The highest BCUT2D eigenvalue weighted by Crippen LogP contribution is 2.26. The first-order valence-electron chi connectivity index (χ1n) is 5.34. The van der Waals surface area contributed by atoms with Crippen molar-refractivity contribution in [2.24, 2.45) is 0 Å². The Hall–Kier alpha value is -2.07. The van der Waals surface area contributed by atoms with Crippen molar-refractivity contribution in [3.63, 3.8) is 0 Å². The number of benzene rings is 1. The van der Waals surface area contributed by atoms with Gasteiger partial charge >= 0.3 is 0 Å². The van der Waals surface area contributed by atoms with Crippen LogP contribution in [0.4, 0.5) is 10.1 Å². The van der Waals surface area contributed by atoms with Gasteiger partial charge in [0.05, 0.1) is 5.52 Å². The Morgan fingerprint density at radius 1 is 1.22 bits per heavy atom. The van der Waals surface area contributed by atoms with Crippen LogP contribution in [0.5, 0.6) is 0 Å². The molecule has 5 heteroatoms. The number of nitrogen functional groups attached to an aromatic ring is 1. The number of pyridine rings is 1. The number of anilines is 1. The maximum absolute atomic E-state index is 13.2. The second kappa shape index (κ2) is 3.99. The van der Waals surface area contributed by atoms with E-state index in [1.807, 2.05) is 0 Å². The van der Waals surface area contributed by atoms with E-state index in [0.29, 0.717) is 22.2 Å². The van der Waals surface area contributed by atoms with Crippen molar-refractivity contribution in [1.29, 1.82) is 0 Å². The number of halogens is 2. The normalized spacial score (nSPS) is 11.0. The van der Waals surface area contributed by atoms with Crippen LogP contribution in [0, 0.1) is 5.82 Å². The summed E-state index contributed by atoms with van der Waals surface area (Å²) < 4.78 is 15.0. The summed E-state index contributed by atoms with van der Waals surface area (Å²) in [6, 6.07) is 9.73. The molecule has 0 spiro atoms. The van der Waals surface area contributed by atoms with Crippen LogP contribution in [0.25, 0.3) is 16.9 Å². The first-order valence-corrected chi connectivity index (χ1v) is 5.72. The van der Waals surface area contributed by atoms with E-state index in [4.69, 9.17) is 17.3 Å². The van der Waals surface area contributed by atoms with Crippen LogP contribution in [0.1, 0.15) is 0 Å². The first kappa shape index (κ1) is 11.0. The molecule has 2 aromatic heterocycles. The number of imidazole rings is 1. The zero-order valence-electron chi connectivity index (χ0n) is 9.27. The molecule has 0 saturated carbocycles. The lowest BCUT2D eigenvalue weighted by atomic mass is 10.2. The summed E-state index contributed by atoms with van der Waals surface area (Å²) in [6.07, 6.45) is 1.72. The molecule has 2 N–H and O–H groups in total. The van der Waals surface area contributed by atoms with Gasteiger partial charge in [0.15, 0.2) is 5.15 Å². The third kappa shape index (κ3) is 1.71. The molecule has 0 fully saturated rings. The van der Waals surface area contributed by atoms with Gasteiger partial charge in [0, 0.05) is 17.4 Å². The van der Waals surface area contributed by atoms with Crippen LogP contribution in [-0.4, -0.2) is 9.38 Å². The fraction of sp³-hybridized carbons (Fsp3) is 0. The summed E-state index contributed by atoms with van der Waals surface area (Å²) in [5.41, 5.74) is 7.73. The highest BCUT2D eigenvalue weighted by molar-refractivity contribution is 6.32. The molecule has 2 heterocycles. The number of nitrogens with zero attached hydrogens (tertiary/aromatic N) is 2. The molecular formula is C13H9ClFN3. The average Bonchev–Trinajstić information content (AvgIpc) is 2.66. The summed E-state index contributed by atoms with van der Waals surface area (Å²) in [7, 11) is 0. The molecule has 0 amide bonds. The van der Waals surface area contributed by atoms with Gasteiger partial charge in [-0.3, -0.25) is 4.40 Å². The van der Waals surface area contributed by atoms with Gasteiger partial charge in [0.2, 0.25) is 0 Å². The van der Waals surface area contributed by atoms with Crippen molar-refractivity contribution in [1.82, 2.24) is 9.38 Å². The number of nitrogens with two attached hydrogens (primary N) is 1. The van der Waals surface area contributed by atoms with Crippen LogP contribution in [0.2, 0.25) is 5.15 Å². The summed E-state index contributed by atoms with van der Waals surface area (Å²) in [6.45, 7) is 0. The van der Waals surface area contributed by atoms with Crippen molar-refractivity contribution >= 4 is 22.8 Å². The summed E-state index contributed by atoms with van der Waals surface area (Å²) in [4.78, 5) is 4.25. The van der Waals surface area contributed by atoms with E-state index in [1.54, 1.807) is 34.9 Å². The molecule has 3 aromatic rings. The number of hydrogen-bond acceptors (Lipinski definition) is 2. The fourth-order valence-electron chi connectivity index (χ4n) is 1.90. The van der Waals surface area contributed by atoms with Gasteiger partial charge < -0.3 is 5.73 Å². The average molecular weight is 262 g/mol. The SMILES string of the molecule is Nc1ccc2c(Cl)nc(-c3cccc(F)c3)n2c1. The summed E-state index contributed by atoms with van der Waals surface area (Å²) >= 11 is 6.05. The highest BCUT2D eigenvalue weighted by Gasteiger charge is 2.11. The van der Waals surface area contributed by atoms with E-state index >= 15 is 0 Å². The van der Waals surface area contributed by atoms with Crippen molar-refractivity contribution in [3.05, 3.63) is 53.6 Å². The Morgan fingerprint density at radius 2 is 2.06 bits per heavy atom. The van der Waals surface area contributed by atoms with Crippen LogP contribution in [0.3, 0.4) is 0 Å². The molecule has 3 nitrogen and oxygen atoms in total. The number of rotatable bonds is 1. The molecule has 90 valence electrons. The zero-order valence-corrected chi connectivity index (χ0v) is 10.0. The Labute approximate surface area is 108 Å². The van der Waals surface area contributed by atoms with Gasteiger partial charge in [-0.05, 0) is 24.3 Å². The minimum Gasteiger partial charge on any atom is -0.398 e. The topological polar surface area (TPSA) is 43.3 Å². The van der Waals surface area contributed by atoms with Crippen molar-refractivity contribution in [2.75, 3.05) is 5.73 Å². The second-order valence-corrected chi connectivity index (χ2v) is 4.31. The van der Waals surface area contributed by atoms with Crippen LogP contribution in [-0.2, 0) is 0 Å². The lowest BCUT2D eigenvalue weighted by Gasteiger charge is -2.02. The zero-order chi connectivity index (χ0) is 12.7. The minimum absolute atomic E-state index is 0.315. The molecule has 18 heavy (non-hydrogen) atoms. The first-order chi connectivity index (χ1) is 8.65. The lowest BCUT2D eigenvalue weighted by molar-refractivity contribution is 0.628. The van der Waals surface area contributed by atoms with Crippen LogP contribution < -0.4 is 5.73 Å². The lowest BCUT2D eigenvalue weighted by Crippen LogP contribution is -1.93. The molecule has 0 radical (unpaired) electrons. The monoisotopic (exact) mass is 261 g/mol. The largest absolute Gasteiger partial charge is 0.398 e. The van der Waals surface area contributed by atoms with Crippen LogP contribution in [0.15, 0.2) is 42.6 Å². The predicted octanol–water partition coefficient (Wildman–Crippen LogP) is 3.38. The molecule has 0 aliphatic heterocycles. The Balaban J connectivity index is 2.32. The maximum Gasteiger partial charge on any atom is 0.155 e. The molecule has 0 aliphatic carbocycles. The van der Waals surface area contributed by atoms with Gasteiger partial charge in [0.1, 0.15) is 11.6 Å².